The summed E-state index contributed by atoms with van der Waals surface area (Å²) in [4.78, 5) is 14.1. The Hall–Kier alpha value is -0.520. The maximum Gasteiger partial charge on any atom is 0.258 e. The Labute approximate surface area is 119 Å². The van der Waals surface area contributed by atoms with Crippen LogP contribution >= 0.6 is 27.5 Å². The molecule has 100 valence electrons. The van der Waals surface area contributed by atoms with Crippen LogP contribution in [0.1, 0.15) is 24.2 Å². The first-order valence-corrected chi connectivity index (χ1v) is 7.19. The number of alkyl halides is 1. The van der Waals surface area contributed by atoms with Crippen molar-refractivity contribution in [1.82, 2.24) is 4.90 Å². The van der Waals surface area contributed by atoms with Crippen LogP contribution in [0.2, 0.25) is 5.22 Å². The fourth-order valence-corrected chi connectivity index (χ4v) is 2.68. The lowest BCUT2D eigenvalue weighted by Crippen LogP contribution is -2.55. The van der Waals surface area contributed by atoms with Crippen molar-refractivity contribution in [3.8, 4) is 0 Å². The summed E-state index contributed by atoms with van der Waals surface area (Å²) in [6.45, 7) is 5.03. The van der Waals surface area contributed by atoms with E-state index in [0.717, 1.165) is 0 Å². The first-order chi connectivity index (χ1) is 8.43. The van der Waals surface area contributed by atoms with Crippen LogP contribution < -0.4 is 0 Å². The van der Waals surface area contributed by atoms with Crippen LogP contribution in [0.5, 0.6) is 0 Å². The molecule has 1 aromatic heterocycles. The molecule has 6 heteroatoms. The zero-order valence-corrected chi connectivity index (χ0v) is 12.6. The summed E-state index contributed by atoms with van der Waals surface area (Å²) in [5, 5.41) is 0.832. The van der Waals surface area contributed by atoms with Crippen molar-refractivity contribution in [1.29, 1.82) is 0 Å². The molecule has 1 amide bonds. The minimum Gasteiger partial charge on any atom is -0.452 e. The first-order valence-electron chi connectivity index (χ1n) is 5.69. The van der Waals surface area contributed by atoms with E-state index in [1.807, 2.05) is 13.8 Å². The summed E-state index contributed by atoms with van der Waals surface area (Å²) in [6, 6.07) is 1.59. The molecule has 2 heterocycles. The molecule has 0 spiro atoms. The van der Waals surface area contributed by atoms with E-state index >= 15 is 0 Å². The van der Waals surface area contributed by atoms with E-state index in [9.17, 15) is 4.79 Å². The van der Waals surface area contributed by atoms with Crippen LogP contribution in [-0.4, -0.2) is 40.9 Å². The summed E-state index contributed by atoms with van der Waals surface area (Å²) >= 11 is 9.24. The number of morpholine rings is 1. The van der Waals surface area contributed by atoms with Gasteiger partial charge in [0.15, 0.2) is 0 Å². The van der Waals surface area contributed by atoms with Crippen molar-refractivity contribution < 1.29 is 13.9 Å². The number of amides is 1. The number of rotatable bonds is 2. The summed E-state index contributed by atoms with van der Waals surface area (Å²) in [5.41, 5.74) is 0.0467. The SMILES string of the molecule is CC1(C)CN(C(=O)c2ccoc2Cl)CC(CBr)O1. The molecule has 0 saturated carbocycles. The van der Waals surface area contributed by atoms with Crippen molar-refractivity contribution in [3.63, 3.8) is 0 Å². The van der Waals surface area contributed by atoms with Gasteiger partial charge in [-0.05, 0) is 31.5 Å². The zero-order chi connectivity index (χ0) is 13.3. The first kappa shape index (κ1) is 13.9. The minimum absolute atomic E-state index is 0.0108. The summed E-state index contributed by atoms with van der Waals surface area (Å²) in [5.74, 6) is -0.115. The van der Waals surface area contributed by atoms with Crippen LogP contribution in [0.25, 0.3) is 0 Å². The van der Waals surface area contributed by atoms with Crippen LogP contribution in [0.15, 0.2) is 16.7 Å². The lowest BCUT2D eigenvalue weighted by molar-refractivity contribution is -0.116. The van der Waals surface area contributed by atoms with Crippen molar-refractivity contribution >= 4 is 33.4 Å². The van der Waals surface area contributed by atoms with Gasteiger partial charge < -0.3 is 14.1 Å². The average molecular weight is 337 g/mol. The highest BCUT2D eigenvalue weighted by molar-refractivity contribution is 9.09. The number of ether oxygens (including phenoxy) is 1. The molecule has 1 aromatic rings. The van der Waals surface area contributed by atoms with Gasteiger partial charge in [-0.3, -0.25) is 4.79 Å². The Morgan fingerprint density at radius 3 is 2.94 bits per heavy atom. The summed E-state index contributed by atoms with van der Waals surface area (Å²) < 4.78 is 10.8. The second-order valence-electron chi connectivity index (χ2n) is 4.95. The lowest BCUT2D eigenvalue weighted by Gasteiger charge is -2.42. The van der Waals surface area contributed by atoms with Crippen molar-refractivity contribution in [2.45, 2.75) is 25.6 Å². The third-order valence-corrected chi connectivity index (χ3v) is 3.80. The Bertz CT molecular complexity index is 446. The van der Waals surface area contributed by atoms with Gasteiger partial charge in [-0.25, -0.2) is 0 Å². The van der Waals surface area contributed by atoms with E-state index in [1.54, 1.807) is 11.0 Å². The van der Waals surface area contributed by atoms with Crippen LogP contribution in [0, 0.1) is 0 Å². The van der Waals surface area contributed by atoms with Crippen molar-refractivity contribution in [3.05, 3.63) is 23.1 Å². The highest BCUT2D eigenvalue weighted by atomic mass is 79.9. The molecular formula is C12H15BrClNO3. The zero-order valence-electron chi connectivity index (χ0n) is 10.3. The Morgan fingerprint density at radius 2 is 2.39 bits per heavy atom. The van der Waals surface area contributed by atoms with Gasteiger partial charge in [-0.1, -0.05) is 15.9 Å². The van der Waals surface area contributed by atoms with Gasteiger partial charge in [0.1, 0.15) is 0 Å². The van der Waals surface area contributed by atoms with Crippen LogP contribution in [0.3, 0.4) is 0 Å². The second-order valence-corrected chi connectivity index (χ2v) is 5.94. The molecule has 1 saturated heterocycles. The highest BCUT2D eigenvalue weighted by Crippen LogP contribution is 2.25. The maximum absolute atomic E-state index is 12.3. The molecule has 0 aromatic carbocycles. The predicted octanol–water partition coefficient (Wildman–Crippen LogP) is 2.95. The molecule has 1 aliphatic heterocycles. The van der Waals surface area contributed by atoms with Crippen LogP contribution in [0.4, 0.5) is 0 Å². The van der Waals surface area contributed by atoms with Crippen molar-refractivity contribution in [2.24, 2.45) is 0 Å². The van der Waals surface area contributed by atoms with Gasteiger partial charge in [0.05, 0.1) is 23.5 Å². The number of hydrogen-bond acceptors (Lipinski definition) is 3. The van der Waals surface area contributed by atoms with E-state index in [1.165, 1.54) is 6.26 Å². The quantitative estimate of drug-likeness (QED) is 0.780. The van der Waals surface area contributed by atoms with Gasteiger partial charge in [-0.2, -0.15) is 0 Å². The monoisotopic (exact) mass is 335 g/mol. The number of hydrogen-bond donors (Lipinski definition) is 0. The maximum atomic E-state index is 12.3. The molecule has 1 aliphatic rings. The average Bonchev–Trinajstić information content (AvgIpc) is 2.72. The number of furan rings is 1. The third kappa shape index (κ3) is 2.90. The van der Waals surface area contributed by atoms with Gasteiger partial charge in [0.2, 0.25) is 5.22 Å². The van der Waals surface area contributed by atoms with E-state index in [4.69, 9.17) is 20.8 Å². The predicted molar refractivity (Wildman–Crippen MR) is 72.4 cm³/mol. The van der Waals surface area contributed by atoms with E-state index in [-0.39, 0.29) is 22.8 Å². The number of carbonyl (C=O) groups excluding carboxylic acids is 1. The molecule has 1 fully saturated rings. The fraction of sp³-hybridized carbons (Fsp3) is 0.583. The number of nitrogens with zero attached hydrogens (tertiary/aromatic N) is 1. The molecule has 0 aliphatic carbocycles. The topological polar surface area (TPSA) is 42.7 Å². The molecule has 18 heavy (non-hydrogen) atoms. The molecule has 0 N–H and O–H groups in total. The van der Waals surface area contributed by atoms with E-state index in [2.05, 4.69) is 15.9 Å². The molecule has 1 atom stereocenters. The fourth-order valence-electron chi connectivity index (χ4n) is 2.15. The normalized spacial score (nSPS) is 23.1. The molecule has 2 rings (SSSR count). The van der Waals surface area contributed by atoms with Gasteiger partial charge in [-0.15, -0.1) is 0 Å². The third-order valence-electron chi connectivity index (χ3n) is 2.79. The molecule has 0 radical (unpaired) electrons. The largest absolute Gasteiger partial charge is 0.452 e. The summed E-state index contributed by atoms with van der Waals surface area (Å²) in [7, 11) is 0. The lowest BCUT2D eigenvalue weighted by atomic mass is 10.0. The smallest absolute Gasteiger partial charge is 0.258 e. The number of carbonyl (C=O) groups is 1. The Morgan fingerprint density at radius 1 is 1.67 bits per heavy atom. The standard InChI is InChI=1S/C12H15BrClNO3/c1-12(2)7-15(6-8(5-13)18-12)11(16)9-3-4-17-10(9)14/h3-4,8H,5-7H2,1-2H3. The van der Waals surface area contributed by atoms with E-state index in [0.29, 0.717) is 24.0 Å². The Balaban J connectivity index is 2.17. The van der Waals surface area contributed by atoms with Gasteiger partial charge in [0, 0.05) is 18.4 Å². The molecule has 1 unspecified atom stereocenters. The van der Waals surface area contributed by atoms with E-state index < -0.39 is 0 Å². The molecular weight excluding hydrogens is 321 g/mol. The van der Waals surface area contributed by atoms with Crippen molar-refractivity contribution in [2.75, 3.05) is 18.4 Å². The molecule has 4 nitrogen and oxygen atoms in total. The molecule has 0 bridgehead atoms. The second kappa shape index (κ2) is 5.23. The number of halogens is 2. The van der Waals surface area contributed by atoms with Crippen LogP contribution in [-0.2, 0) is 4.74 Å². The Kier molecular flexibility index (Phi) is 4.04. The van der Waals surface area contributed by atoms with Gasteiger partial charge in [0.25, 0.3) is 5.91 Å². The summed E-state index contributed by atoms with van der Waals surface area (Å²) in [6.07, 6.45) is 1.41. The minimum atomic E-state index is -0.359. The highest BCUT2D eigenvalue weighted by Gasteiger charge is 2.36. The van der Waals surface area contributed by atoms with Gasteiger partial charge >= 0.3 is 0 Å².